The van der Waals surface area contributed by atoms with Gasteiger partial charge in [-0.2, -0.15) is 0 Å². The molecule has 0 bridgehead atoms. The van der Waals surface area contributed by atoms with Crippen molar-refractivity contribution < 1.29 is 8.78 Å². The molecule has 5 heteroatoms. The first-order valence-electron chi connectivity index (χ1n) is 6.09. The van der Waals surface area contributed by atoms with Crippen LogP contribution in [0.15, 0.2) is 40.9 Å². The molecule has 0 heterocycles. The molecule has 0 aliphatic rings. The SMILES string of the molecule is NC(Cc1ccc(F)c(Br)c1)Cc1cccc(Cl)c1F. The van der Waals surface area contributed by atoms with E-state index in [0.717, 1.165) is 5.56 Å². The molecule has 1 unspecified atom stereocenters. The van der Waals surface area contributed by atoms with Gasteiger partial charge in [0.1, 0.15) is 11.6 Å². The molecule has 106 valence electrons. The van der Waals surface area contributed by atoms with Gasteiger partial charge >= 0.3 is 0 Å². The highest BCUT2D eigenvalue weighted by Crippen LogP contribution is 2.21. The van der Waals surface area contributed by atoms with Crippen molar-refractivity contribution in [3.8, 4) is 0 Å². The molecular weight excluding hydrogens is 348 g/mol. The summed E-state index contributed by atoms with van der Waals surface area (Å²) < 4.78 is 27.3. The van der Waals surface area contributed by atoms with Crippen LogP contribution in [-0.2, 0) is 12.8 Å². The molecule has 2 N–H and O–H groups in total. The van der Waals surface area contributed by atoms with E-state index in [1.54, 1.807) is 24.3 Å². The third kappa shape index (κ3) is 3.78. The molecule has 20 heavy (non-hydrogen) atoms. The van der Waals surface area contributed by atoms with E-state index in [0.29, 0.717) is 22.9 Å². The van der Waals surface area contributed by atoms with Crippen LogP contribution in [0.5, 0.6) is 0 Å². The number of benzene rings is 2. The molecule has 0 saturated heterocycles. The Morgan fingerprint density at radius 3 is 2.60 bits per heavy atom. The summed E-state index contributed by atoms with van der Waals surface area (Å²) in [6.07, 6.45) is 0.909. The van der Waals surface area contributed by atoms with Crippen LogP contribution in [0.1, 0.15) is 11.1 Å². The summed E-state index contributed by atoms with van der Waals surface area (Å²) in [7, 11) is 0. The maximum Gasteiger partial charge on any atom is 0.145 e. The van der Waals surface area contributed by atoms with E-state index < -0.39 is 5.82 Å². The van der Waals surface area contributed by atoms with Crippen LogP contribution >= 0.6 is 27.5 Å². The normalized spacial score (nSPS) is 12.4. The Kier molecular flexibility index (Phi) is 5.13. The van der Waals surface area contributed by atoms with Crippen molar-refractivity contribution in [3.05, 3.63) is 68.7 Å². The first-order chi connectivity index (χ1) is 9.47. The number of nitrogens with two attached hydrogens (primary N) is 1. The number of halogens is 4. The minimum absolute atomic E-state index is 0.0965. The zero-order chi connectivity index (χ0) is 14.7. The van der Waals surface area contributed by atoms with Gasteiger partial charge in [-0.15, -0.1) is 0 Å². The van der Waals surface area contributed by atoms with Gasteiger partial charge in [0, 0.05) is 6.04 Å². The standard InChI is InChI=1S/C15H13BrClF2N/c16-12-7-9(4-5-14(12)18)6-11(20)8-10-2-1-3-13(17)15(10)19/h1-5,7,11H,6,8,20H2. The highest BCUT2D eigenvalue weighted by atomic mass is 79.9. The minimum atomic E-state index is -0.426. The second-order valence-electron chi connectivity index (χ2n) is 4.63. The molecule has 0 aliphatic carbocycles. The van der Waals surface area contributed by atoms with Crippen LogP contribution in [0.4, 0.5) is 8.78 Å². The molecular formula is C15H13BrClF2N. The quantitative estimate of drug-likeness (QED) is 0.854. The maximum absolute atomic E-state index is 13.8. The Morgan fingerprint density at radius 1 is 1.15 bits per heavy atom. The summed E-state index contributed by atoms with van der Waals surface area (Å²) in [6.45, 7) is 0. The fraction of sp³-hybridized carbons (Fsp3) is 0.200. The van der Waals surface area contributed by atoms with Gasteiger partial charge in [-0.05, 0) is 58.1 Å². The van der Waals surface area contributed by atoms with Crippen molar-refractivity contribution in [1.82, 2.24) is 0 Å². The Labute approximate surface area is 129 Å². The van der Waals surface area contributed by atoms with E-state index in [4.69, 9.17) is 17.3 Å². The van der Waals surface area contributed by atoms with E-state index >= 15 is 0 Å². The van der Waals surface area contributed by atoms with E-state index in [1.165, 1.54) is 12.1 Å². The van der Waals surface area contributed by atoms with Crippen molar-refractivity contribution in [2.75, 3.05) is 0 Å². The van der Waals surface area contributed by atoms with Crippen molar-refractivity contribution in [3.63, 3.8) is 0 Å². The zero-order valence-electron chi connectivity index (χ0n) is 10.5. The molecule has 0 aliphatic heterocycles. The van der Waals surface area contributed by atoms with Crippen LogP contribution in [0.2, 0.25) is 5.02 Å². The van der Waals surface area contributed by atoms with Crippen LogP contribution in [-0.4, -0.2) is 6.04 Å². The van der Waals surface area contributed by atoms with Crippen LogP contribution in [0, 0.1) is 11.6 Å². The van der Waals surface area contributed by atoms with Crippen molar-refractivity contribution in [2.45, 2.75) is 18.9 Å². The van der Waals surface area contributed by atoms with Gasteiger partial charge in [-0.3, -0.25) is 0 Å². The lowest BCUT2D eigenvalue weighted by atomic mass is 9.99. The van der Waals surface area contributed by atoms with Crippen molar-refractivity contribution in [1.29, 1.82) is 0 Å². The molecule has 0 fully saturated rings. The van der Waals surface area contributed by atoms with E-state index in [-0.39, 0.29) is 16.9 Å². The Balaban J connectivity index is 2.07. The smallest absolute Gasteiger partial charge is 0.145 e. The third-order valence-corrected chi connectivity index (χ3v) is 3.90. The molecule has 2 rings (SSSR count). The topological polar surface area (TPSA) is 26.0 Å². The molecule has 0 saturated carbocycles. The second kappa shape index (κ2) is 6.66. The molecule has 2 aromatic rings. The average Bonchev–Trinajstić information content (AvgIpc) is 2.39. The lowest BCUT2D eigenvalue weighted by Crippen LogP contribution is -2.26. The highest BCUT2D eigenvalue weighted by Gasteiger charge is 2.12. The predicted octanol–water partition coefficient (Wildman–Crippen LogP) is 4.49. The summed E-state index contributed by atoms with van der Waals surface area (Å²) in [5.41, 5.74) is 7.41. The van der Waals surface area contributed by atoms with Gasteiger partial charge < -0.3 is 5.73 Å². The Morgan fingerprint density at radius 2 is 1.90 bits per heavy atom. The van der Waals surface area contributed by atoms with Crippen LogP contribution in [0.25, 0.3) is 0 Å². The summed E-state index contributed by atoms with van der Waals surface area (Å²) in [5, 5.41) is 0.0965. The maximum atomic E-state index is 13.8. The third-order valence-electron chi connectivity index (χ3n) is 3.00. The van der Waals surface area contributed by atoms with Crippen LogP contribution < -0.4 is 5.73 Å². The number of hydrogen-bond donors (Lipinski definition) is 1. The zero-order valence-corrected chi connectivity index (χ0v) is 12.9. The summed E-state index contributed by atoms with van der Waals surface area (Å²) in [5.74, 6) is -0.742. The van der Waals surface area contributed by atoms with Crippen molar-refractivity contribution >= 4 is 27.5 Å². The average molecular weight is 361 g/mol. The molecule has 1 atom stereocenters. The highest BCUT2D eigenvalue weighted by molar-refractivity contribution is 9.10. The molecule has 0 amide bonds. The Hall–Kier alpha value is -0.970. The van der Waals surface area contributed by atoms with Gasteiger partial charge in [0.15, 0.2) is 0 Å². The molecule has 0 radical (unpaired) electrons. The Bertz CT molecular complexity index is 619. The van der Waals surface area contributed by atoms with Crippen LogP contribution in [0.3, 0.4) is 0 Å². The first kappa shape index (κ1) is 15.4. The molecule has 1 nitrogen and oxygen atoms in total. The lowest BCUT2D eigenvalue weighted by molar-refractivity contribution is 0.583. The van der Waals surface area contributed by atoms with E-state index in [1.807, 2.05) is 0 Å². The summed E-state index contributed by atoms with van der Waals surface area (Å²) in [6, 6.07) is 9.34. The van der Waals surface area contributed by atoms with Gasteiger partial charge in [0.05, 0.1) is 9.50 Å². The second-order valence-corrected chi connectivity index (χ2v) is 5.89. The number of hydrogen-bond acceptors (Lipinski definition) is 1. The van der Waals surface area contributed by atoms with Gasteiger partial charge in [-0.1, -0.05) is 29.8 Å². The minimum Gasteiger partial charge on any atom is -0.327 e. The van der Waals surface area contributed by atoms with Gasteiger partial charge in [-0.25, -0.2) is 8.78 Å². The van der Waals surface area contributed by atoms with Crippen molar-refractivity contribution in [2.24, 2.45) is 5.73 Å². The van der Waals surface area contributed by atoms with E-state index in [9.17, 15) is 8.78 Å². The fourth-order valence-electron chi connectivity index (χ4n) is 2.03. The molecule has 2 aromatic carbocycles. The molecule has 0 spiro atoms. The van der Waals surface area contributed by atoms with Gasteiger partial charge in [0.25, 0.3) is 0 Å². The summed E-state index contributed by atoms with van der Waals surface area (Å²) >= 11 is 8.86. The number of rotatable bonds is 4. The van der Waals surface area contributed by atoms with E-state index in [2.05, 4.69) is 15.9 Å². The predicted molar refractivity (Wildman–Crippen MR) is 80.9 cm³/mol. The monoisotopic (exact) mass is 359 g/mol. The first-order valence-corrected chi connectivity index (χ1v) is 7.27. The van der Waals surface area contributed by atoms with Gasteiger partial charge in [0.2, 0.25) is 0 Å². The summed E-state index contributed by atoms with van der Waals surface area (Å²) in [4.78, 5) is 0. The molecule has 0 aromatic heterocycles. The lowest BCUT2D eigenvalue weighted by Gasteiger charge is -2.13. The largest absolute Gasteiger partial charge is 0.327 e. The fourth-order valence-corrected chi connectivity index (χ4v) is 2.65.